The monoisotopic (exact) mass is 363 g/mol. The van der Waals surface area contributed by atoms with E-state index >= 15 is 0 Å². The molecule has 126 valence electrons. The molecule has 0 fully saturated rings. The molecule has 0 saturated heterocycles. The van der Waals surface area contributed by atoms with Gasteiger partial charge in [0.2, 0.25) is 0 Å². The van der Waals surface area contributed by atoms with Crippen molar-refractivity contribution in [3.05, 3.63) is 46.6 Å². The van der Waals surface area contributed by atoms with Gasteiger partial charge in [-0.3, -0.25) is 9.20 Å². The highest BCUT2D eigenvalue weighted by Crippen LogP contribution is 2.25. The summed E-state index contributed by atoms with van der Waals surface area (Å²) in [6, 6.07) is 7.17. The van der Waals surface area contributed by atoms with Gasteiger partial charge in [-0.1, -0.05) is 37.6 Å². The van der Waals surface area contributed by atoms with Crippen LogP contribution in [0.4, 0.5) is 0 Å². The van der Waals surface area contributed by atoms with Crippen LogP contribution in [0.2, 0.25) is 5.02 Å². The Hall–Kier alpha value is -1.89. The minimum Gasteiger partial charge on any atom is -0.394 e. The van der Waals surface area contributed by atoms with Gasteiger partial charge in [-0.05, 0) is 18.1 Å². The molecule has 0 radical (unpaired) electrons. The van der Waals surface area contributed by atoms with E-state index in [1.54, 1.807) is 9.78 Å². The van der Waals surface area contributed by atoms with E-state index in [4.69, 9.17) is 11.6 Å². The number of nitrogens with zero attached hydrogens (tertiary/aromatic N) is 2. The number of imidazole rings is 1. The number of aromatic nitrogens is 2. The van der Waals surface area contributed by atoms with Gasteiger partial charge in [-0.15, -0.1) is 11.3 Å². The summed E-state index contributed by atoms with van der Waals surface area (Å²) in [5.74, 6) is -0.0677. The number of fused-ring (bicyclic) bond motifs is 1. The van der Waals surface area contributed by atoms with Crippen LogP contribution in [0.15, 0.2) is 35.8 Å². The average Bonchev–Trinajstić information content (AvgIpc) is 3.12. The zero-order valence-corrected chi connectivity index (χ0v) is 14.9. The number of amides is 1. The lowest BCUT2D eigenvalue weighted by molar-refractivity contribution is 0.0891. The van der Waals surface area contributed by atoms with E-state index in [2.05, 4.69) is 10.3 Å². The first kappa shape index (κ1) is 17.0. The highest BCUT2D eigenvalue weighted by Gasteiger charge is 2.20. The van der Waals surface area contributed by atoms with Gasteiger partial charge in [0.05, 0.1) is 18.3 Å². The average molecular weight is 364 g/mol. The van der Waals surface area contributed by atoms with Gasteiger partial charge in [-0.2, -0.15) is 0 Å². The first-order valence-corrected chi connectivity index (χ1v) is 8.89. The third kappa shape index (κ3) is 3.31. The number of carbonyl (C=O) groups is 1. The molecule has 3 rings (SSSR count). The third-order valence-electron chi connectivity index (χ3n) is 3.88. The van der Waals surface area contributed by atoms with E-state index < -0.39 is 0 Å². The maximum Gasteiger partial charge on any atom is 0.269 e. The molecule has 1 atom stereocenters. The predicted octanol–water partition coefficient (Wildman–Crippen LogP) is 3.46. The van der Waals surface area contributed by atoms with Gasteiger partial charge in [-0.25, -0.2) is 4.98 Å². The molecule has 0 aliphatic carbocycles. The van der Waals surface area contributed by atoms with Gasteiger partial charge in [0.1, 0.15) is 5.69 Å². The summed E-state index contributed by atoms with van der Waals surface area (Å²) >= 11 is 7.43. The van der Waals surface area contributed by atoms with E-state index in [-0.39, 0.29) is 24.5 Å². The fraction of sp³-hybridized carbons (Fsp3) is 0.294. The van der Waals surface area contributed by atoms with Gasteiger partial charge >= 0.3 is 0 Å². The highest BCUT2D eigenvalue weighted by atomic mass is 35.5. The fourth-order valence-electron chi connectivity index (χ4n) is 2.40. The zero-order valence-electron chi connectivity index (χ0n) is 13.4. The lowest BCUT2D eigenvalue weighted by Crippen LogP contribution is -2.41. The lowest BCUT2D eigenvalue weighted by atomic mass is 10.1. The van der Waals surface area contributed by atoms with Gasteiger partial charge in [0, 0.05) is 22.2 Å². The Morgan fingerprint density at radius 3 is 2.92 bits per heavy atom. The normalized spacial score (nSPS) is 12.7. The second-order valence-corrected chi connectivity index (χ2v) is 7.19. The summed E-state index contributed by atoms with van der Waals surface area (Å²) in [5.41, 5.74) is 2.18. The largest absolute Gasteiger partial charge is 0.394 e. The van der Waals surface area contributed by atoms with Crippen molar-refractivity contribution in [1.29, 1.82) is 0 Å². The highest BCUT2D eigenvalue weighted by molar-refractivity contribution is 7.15. The Morgan fingerprint density at radius 1 is 1.46 bits per heavy atom. The van der Waals surface area contributed by atoms with Crippen LogP contribution in [-0.2, 0) is 0 Å². The number of hydrogen-bond donors (Lipinski definition) is 2. The number of halogens is 1. The summed E-state index contributed by atoms with van der Waals surface area (Å²) in [6.07, 6.45) is 1.83. The molecule has 0 aliphatic rings. The van der Waals surface area contributed by atoms with Gasteiger partial charge in [0.15, 0.2) is 4.96 Å². The number of hydrogen-bond acceptors (Lipinski definition) is 4. The first-order valence-electron chi connectivity index (χ1n) is 7.64. The summed E-state index contributed by atoms with van der Waals surface area (Å²) < 4.78 is 1.77. The Balaban J connectivity index is 1.92. The molecule has 0 spiro atoms. The van der Waals surface area contributed by atoms with Crippen molar-refractivity contribution in [2.24, 2.45) is 5.92 Å². The summed E-state index contributed by atoms with van der Waals surface area (Å²) in [7, 11) is 0. The molecule has 3 aromatic rings. The number of thiazole rings is 1. The van der Waals surface area contributed by atoms with Crippen molar-refractivity contribution in [1.82, 2.24) is 14.7 Å². The number of benzene rings is 1. The number of aliphatic hydroxyl groups is 1. The summed E-state index contributed by atoms with van der Waals surface area (Å²) in [4.78, 5) is 17.8. The number of aliphatic hydroxyl groups excluding tert-OH is 1. The number of carbonyl (C=O) groups excluding carboxylic acids is 1. The molecular formula is C17H18ClN3O2S. The van der Waals surface area contributed by atoms with Crippen molar-refractivity contribution >= 4 is 33.8 Å². The molecule has 24 heavy (non-hydrogen) atoms. The van der Waals surface area contributed by atoms with Crippen molar-refractivity contribution in [2.75, 3.05) is 6.61 Å². The summed E-state index contributed by atoms with van der Waals surface area (Å²) in [5, 5.41) is 14.7. The third-order valence-corrected chi connectivity index (χ3v) is 4.96. The Labute approximate surface area is 148 Å². The second kappa shape index (κ2) is 6.93. The van der Waals surface area contributed by atoms with E-state index in [9.17, 15) is 9.90 Å². The van der Waals surface area contributed by atoms with Crippen LogP contribution in [-0.4, -0.2) is 33.0 Å². The van der Waals surface area contributed by atoms with Crippen molar-refractivity contribution in [2.45, 2.75) is 19.9 Å². The Kier molecular flexibility index (Phi) is 4.89. The van der Waals surface area contributed by atoms with Crippen LogP contribution >= 0.6 is 22.9 Å². The van der Waals surface area contributed by atoms with Crippen LogP contribution in [0.25, 0.3) is 16.2 Å². The predicted molar refractivity (Wildman–Crippen MR) is 96.7 cm³/mol. The van der Waals surface area contributed by atoms with Crippen LogP contribution in [0, 0.1) is 5.92 Å². The van der Waals surface area contributed by atoms with Crippen LogP contribution in [0.3, 0.4) is 0 Å². The zero-order chi connectivity index (χ0) is 17.3. The molecule has 1 amide bonds. The maximum absolute atomic E-state index is 12.5. The minimum atomic E-state index is -0.275. The van der Waals surface area contributed by atoms with E-state index in [0.717, 1.165) is 16.2 Å². The van der Waals surface area contributed by atoms with Crippen LogP contribution < -0.4 is 5.32 Å². The molecule has 2 N–H and O–H groups in total. The smallest absolute Gasteiger partial charge is 0.269 e. The van der Waals surface area contributed by atoms with Crippen LogP contribution in [0.1, 0.15) is 24.3 Å². The van der Waals surface area contributed by atoms with Crippen LogP contribution in [0.5, 0.6) is 0 Å². The molecule has 0 unspecified atom stereocenters. The Morgan fingerprint density at radius 2 is 2.25 bits per heavy atom. The number of rotatable bonds is 5. The van der Waals surface area contributed by atoms with Crippen molar-refractivity contribution in [3.63, 3.8) is 0 Å². The second-order valence-electron chi connectivity index (χ2n) is 5.92. The molecule has 7 heteroatoms. The maximum atomic E-state index is 12.5. The first-order chi connectivity index (χ1) is 11.5. The quantitative estimate of drug-likeness (QED) is 0.729. The molecule has 1 aromatic carbocycles. The standard InChI is InChI=1S/C17H18ClN3O2S/c1-10(2)14(8-22)19-16(23)15-9-24-17-20-13(7-21(15)17)11-4-3-5-12(18)6-11/h3-7,9-10,14,22H,8H2,1-2H3,(H,19,23)/t14-/m0/s1. The van der Waals surface area contributed by atoms with Gasteiger partial charge in [0.25, 0.3) is 5.91 Å². The lowest BCUT2D eigenvalue weighted by Gasteiger charge is -2.19. The number of nitrogens with one attached hydrogen (secondary N) is 1. The van der Waals surface area contributed by atoms with E-state index in [1.807, 2.05) is 44.3 Å². The Bertz CT molecular complexity index is 872. The minimum absolute atomic E-state index is 0.0889. The molecular weight excluding hydrogens is 346 g/mol. The van der Waals surface area contributed by atoms with Crippen molar-refractivity contribution < 1.29 is 9.90 Å². The SMILES string of the molecule is CC(C)[C@H](CO)NC(=O)c1csc2nc(-c3cccc(Cl)c3)cn12. The van der Waals surface area contributed by atoms with E-state index in [1.165, 1.54) is 11.3 Å². The molecule has 0 aliphatic heterocycles. The van der Waals surface area contributed by atoms with E-state index in [0.29, 0.717) is 10.7 Å². The molecule has 0 saturated carbocycles. The van der Waals surface area contributed by atoms with Gasteiger partial charge < -0.3 is 10.4 Å². The topological polar surface area (TPSA) is 66.6 Å². The molecule has 2 heterocycles. The molecule has 0 bridgehead atoms. The molecule has 5 nitrogen and oxygen atoms in total. The van der Waals surface area contributed by atoms with Crippen molar-refractivity contribution in [3.8, 4) is 11.3 Å². The fourth-order valence-corrected chi connectivity index (χ4v) is 3.44. The molecule has 2 aromatic heterocycles. The summed E-state index contributed by atoms with van der Waals surface area (Å²) in [6.45, 7) is 3.83.